The number of thioether (sulfide) groups is 1. The van der Waals surface area contributed by atoms with Gasteiger partial charge in [0.25, 0.3) is 0 Å². The second kappa shape index (κ2) is 5.53. The van der Waals surface area contributed by atoms with E-state index in [4.69, 9.17) is 0 Å². The standard InChI is InChI=1S/C11H19N5S/c1-7(2)6-12-9-14-10(13-8-4-5-8)16-11(15-9)17-3/h7-8H,4-6H2,1-3H3,(H2,12,13,14,15,16). The third kappa shape index (κ3) is 4.03. The molecule has 0 unspecified atom stereocenters. The molecule has 94 valence electrons. The van der Waals surface area contributed by atoms with E-state index in [0.717, 1.165) is 11.7 Å². The molecule has 17 heavy (non-hydrogen) atoms. The van der Waals surface area contributed by atoms with Gasteiger partial charge in [-0.25, -0.2) is 0 Å². The van der Waals surface area contributed by atoms with Crippen molar-refractivity contribution in [1.82, 2.24) is 15.0 Å². The highest BCUT2D eigenvalue weighted by atomic mass is 32.2. The van der Waals surface area contributed by atoms with E-state index in [1.165, 1.54) is 24.6 Å². The molecule has 0 bridgehead atoms. The fraction of sp³-hybridized carbons (Fsp3) is 0.727. The molecule has 0 aliphatic heterocycles. The first-order valence-corrected chi connectivity index (χ1v) is 7.20. The lowest BCUT2D eigenvalue weighted by molar-refractivity contribution is 0.682. The van der Waals surface area contributed by atoms with Crippen molar-refractivity contribution in [1.29, 1.82) is 0 Å². The molecule has 6 heteroatoms. The summed E-state index contributed by atoms with van der Waals surface area (Å²) in [5, 5.41) is 7.30. The van der Waals surface area contributed by atoms with Gasteiger partial charge < -0.3 is 10.6 Å². The van der Waals surface area contributed by atoms with E-state index in [-0.39, 0.29) is 0 Å². The maximum atomic E-state index is 4.38. The summed E-state index contributed by atoms with van der Waals surface area (Å²) in [5.74, 6) is 1.93. The lowest BCUT2D eigenvalue weighted by atomic mass is 10.2. The highest BCUT2D eigenvalue weighted by Gasteiger charge is 2.22. The van der Waals surface area contributed by atoms with Gasteiger partial charge in [-0.05, 0) is 25.0 Å². The molecule has 1 saturated carbocycles. The van der Waals surface area contributed by atoms with Gasteiger partial charge in [0.15, 0.2) is 5.16 Å². The zero-order chi connectivity index (χ0) is 12.3. The minimum atomic E-state index is 0.560. The summed E-state index contributed by atoms with van der Waals surface area (Å²) >= 11 is 1.54. The van der Waals surface area contributed by atoms with Crippen LogP contribution < -0.4 is 10.6 Å². The van der Waals surface area contributed by atoms with Crippen molar-refractivity contribution in [3.63, 3.8) is 0 Å². The van der Waals surface area contributed by atoms with Gasteiger partial charge in [0.2, 0.25) is 11.9 Å². The second-order valence-electron chi connectivity index (χ2n) is 4.66. The molecule has 0 aromatic carbocycles. The van der Waals surface area contributed by atoms with Crippen LogP contribution in [0.15, 0.2) is 5.16 Å². The summed E-state index contributed by atoms with van der Waals surface area (Å²) in [7, 11) is 0. The minimum absolute atomic E-state index is 0.560. The van der Waals surface area contributed by atoms with Crippen molar-refractivity contribution < 1.29 is 0 Å². The molecule has 2 N–H and O–H groups in total. The van der Waals surface area contributed by atoms with Crippen LogP contribution in [0.3, 0.4) is 0 Å². The van der Waals surface area contributed by atoms with Gasteiger partial charge in [0, 0.05) is 12.6 Å². The van der Waals surface area contributed by atoms with Crippen molar-refractivity contribution in [2.45, 2.75) is 37.9 Å². The fourth-order valence-electron chi connectivity index (χ4n) is 1.30. The molecular formula is C11H19N5S. The Hall–Kier alpha value is -1.04. The Labute approximate surface area is 106 Å². The Morgan fingerprint density at radius 1 is 1.24 bits per heavy atom. The van der Waals surface area contributed by atoms with Crippen LogP contribution in [0.4, 0.5) is 11.9 Å². The fourth-order valence-corrected chi connectivity index (χ4v) is 1.65. The van der Waals surface area contributed by atoms with Crippen LogP contribution in [0.5, 0.6) is 0 Å². The monoisotopic (exact) mass is 253 g/mol. The molecule has 1 heterocycles. The Kier molecular flexibility index (Phi) is 4.04. The van der Waals surface area contributed by atoms with Gasteiger partial charge in [-0.3, -0.25) is 0 Å². The largest absolute Gasteiger partial charge is 0.354 e. The van der Waals surface area contributed by atoms with E-state index in [2.05, 4.69) is 39.4 Å². The molecule has 1 aromatic heterocycles. The van der Waals surface area contributed by atoms with Crippen LogP contribution >= 0.6 is 11.8 Å². The van der Waals surface area contributed by atoms with E-state index in [1.807, 2.05) is 6.26 Å². The maximum Gasteiger partial charge on any atom is 0.228 e. The van der Waals surface area contributed by atoms with Crippen molar-refractivity contribution in [2.24, 2.45) is 5.92 Å². The molecule has 0 spiro atoms. The van der Waals surface area contributed by atoms with Gasteiger partial charge in [-0.1, -0.05) is 25.6 Å². The Morgan fingerprint density at radius 2 is 1.94 bits per heavy atom. The molecule has 2 rings (SSSR count). The van der Waals surface area contributed by atoms with Gasteiger partial charge in [-0.15, -0.1) is 0 Å². The minimum Gasteiger partial charge on any atom is -0.354 e. The van der Waals surface area contributed by atoms with Crippen LogP contribution in [-0.2, 0) is 0 Å². The smallest absolute Gasteiger partial charge is 0.228 e. The topological polar surface area (TPSA) is 62.7 Å². The van der Waals surface area contributed by atoms with E-state index in [0.29, 0.717) is 23.9 Å². The maximum absolute atomic E-state index is 4.38. The van der Waals surface area contributed by atoms with Crippen LogP contribution in [0.2, 0.25) is 0 Å². The average Bonchev–Trinajstić information content (AvgIpc) is 3.10. The summed E-state index contributed by atoms with van der Waals surface area (Å²) in [6, 6.07) is 0.560. The number of hydrogen-bond donors (Lipinski definition) is 2. The van der Waals surface area contributed by atoms with Crippen molar-refractivity contribution >= 4 is 23.7 Å². The molecule has 1 aliphatic carbocycles. The number of nitrogens with zero attached hydrogens (tertiary/aromatic N) is 3. The van der Waals surface area contributed by atoms with Crippen LogP contribution in [0.25, 0.3) is 0 Å². The predicted octanol–water partition coefficient (Wildman–Crippen LogP) is 2.24. The first-order chi connectivity index (χ1) is 8.17. The average molecular weight is 253 g/mol. The molecule has 0 saturated heterocycles. The zero-order valence-electron chi connectivity index (χ0n) is 10.5. The highest BCUT2D eigenvalue weighted by Crippen LogP contribution is 2.24. The number of nitrogens with one attached hydrogen (secondary N) is 2. The first-order valence-electron chi connectivity index (χ1n) is 5.98. The van der Waals surface area contributed by atoms with E-state index in [1.54, 1.807) is 0 Å². The van der Waals surface area contributed by atoms with Crippen molar-refractivity contribution in [3.05, 3.63) is 0 Å². The SMILES string of the molecule is CSc1nc(NCC(C)C)nc(NC2CC2)n1. The predicted molar refractivity (Wildman–Crippen MR) is 71.6 cm³/mol. The Bertz CT molecular complexity index is 378. The van der Waals surface area contributed by atoms with E-state index < -0.39 is 0 Å². The molecule has 0 radical (unpaired) electrons. The summed E-state index contributed by atoms with van der Waals surface area (Å²) in [6.07, 6.45) is 4.41. The second-order valence-corrected chi connectivity index (χ2v) is 5.44. The van der Waals surface area contributed by atoms with E-state index >= 15 is 0 Å². The summed E-state index contributed by atoms with van der Waals surface area (Å²) in [6.45, 7) is 5.20. The number of hydrogen-bond acceptors (Lipinski definition) is 6. The summed E-state index contributed by atoms with van der Waals surface area (Å²) in [4.78, 5) is 13.1. The molecule has 0 atom stereocenters. The van der Waals surface area contributed by atoms with Gasteiger partial charge in [-0.2, -0.15) is 15.0 Å². The zero-order valence-corrected chi connectivity index (χ0v) is 11.3. The molecule has 0 amide bonds. The lowest BCUT2D eigenvalue weighted by Crippen LogP contribution is -2.14. The van der Waals surface area contributed by atoms with Crippen LogP contribution in [-0.4, -0.2) is 33.8 Å². The Morgan fingerprint density at radius 3 is 2.53 bits per heavy atom. The number of rotatable bonds is 6. The molecular weight excluding hydrogens is 234 g/mol. The van der Waals surface area contributed by atoms with Gasteiger partial charge in [0.1, 0.15) is 0 Å². The van der Waals surface area contributed by atoms with Gasteiger partial charge >= 0.3 is 0 Å². The van der Waals surface area contributed by atoms with Crippen molar-refractivity contribution in [2.75, 3.05) is 23.4 Å². The molecule has 5 nitrogen and oxygen atoms in total. The third-order valence-electron chi connectivity index (χ3n) is 2.38. The van der Waals surface area contributed by atoms with Crippen LogP contribution in [0, 0.1) is 5.92 Å². The number of anilines is 2. The van der Waals surface area contributed by atoms with Gasteiger partial charge in [0.05, 0.1) is 0 Å². The summed E-state index contributed by atoms with van der Waals surface area (Å²) in [5.41, 5.74) is 0. The van der Waals surface area contributed by atoms with E-state index in [9.17, 15) is 0 Å². The molecule has 1 fully saturated rings. The van der Waals surface area contributed by atoms with Crippen molar-refractivity contribution in [3.8, 4) is 0 Å². The van der Waals surface area contributed by atoms with Crippen LogP contribution in [0.1, 0.15) is 26.7 Å². The third-order valence-corrected chi connectivity index (χ3v) is 2.92. The molecule has 1 aromatic rings. The normalized spacial score (nSPS) is 15.1. The molecule has 1 aliphatic rings. The Balaban J connectivity index is 2.06. The number of aromatic nitrogens is 3. The lowest BCUT2D eigenvalue weighted by Gasteiger charge is -2.10. The quantitative estimate of drug-likeness (QED) is 0.758. The first kappa shape index (κ1) is 12.4. The summed E-state index contributed by atoms with van der Waals surface area (Å²) < 4.78 is 0. The highest BCUT2D eigenvalue weighted by molar-refractivity contribution is 7.98.